The molecule has 5 nitrogen and oxygen atoms in total. The fraction of sp³-hybridized carbons (Fsp3) is 0.409. The molecule has 0 aromatic heterocycles. The van der Waals surface area contributed by atoms with Gasteiger partial charge in [-0.3, -0.25) is 4.79 Å². The second-order valence-electron chi connectivity index (χ2n) is 7.67. The smallest absolute Gasteiger partial charge is 0.251 e. The van der Waals surface area contributed by atoms with Crippen LogP contribution in [-0.4, -0.2) is 20.4 Å². The van der Waals surface area contributed by atoms with Crippen molar-refractivity contribution in [2.45, 2.75) is 57.9 Å². The Labute approximate surface area is 167 Å². The highest BCUT2D eigenvalue weighted by molar-refractivity contribution is 7.88. The summed E-state index contributed by atoms with van der Waals surface area (Å²) in [4.78, 5) is 12.6. The number of benzene rings is 2. The third-order valence-corrected chi connectivity index (χ3v) is 6.45. The first-order valence-corrected chi connectivity index (χ1v) is 11.5. The molecular weight excluding hydrogens is 372 g/mol. The fourth-order valence-corrected chi connectivity index (χ4v) is 5.12. The Morgan fingerprint density at radius 3 is 2.39 bits per heavy atom. The van der Waals surface area contributed by atoms with Crippen LogP contribution >= 0.6 is 0 Å². The van der Waals surface area contributed by atoms with E-state index in [2.05, 4.69) is 16.1 Å². The molecule has 1 aliphatic carbocycles. The zero-order valence-electron chi connectivity index (χ0n) is 16.5. The number of fused-ring (bicyclic) bond motifs is 1. The van der Waals surface area contributed by atoms with Gasteiger partial charge >= 0.3 is 0 Å². The summed E-state index contributed by atoms with van der Waals surface area (Å²) in [5, 5.41) is 2.93. The second-order valence-corrected chi connectivity index (χ2v) is 9.43. The Bertz CT molecular complexity index is 952. The highest BCUT2D eigenvalue weighted by Crippen LogP contribution is 2.22. The first-order chi connectivity index (χ1) is 13.3. The van der Waals surface area contributed by atoms with E-state index >= 15 is 0 Å². The summed E-state index contributed by atoms with van der Waals surface area (Å²) < 4.78 is 27.1. The monoisotopic (exact) mass is 400 g/mol. The maximum absolute atomic E-state index is 12.6. The highest BCUT2D eigenvalue weighted by atomic mass is 32.2. The molecule has 0 atom stereocenters. The molecule has 0 fully saturated rings. The van der Waals surface area contributed by atoms with E-state index in [0.29, 0.717) is 17.7 Å². The van der Waals surface area contributed by atoms with Crippen LogP contribution in [0.3, 0.4) is 0 Å². The van der Waals surface area contributed by atoms with E-state index < -0.39 is 10.0 Å². The molecule has 1 amide bonds. The first kappa shape index (κ1) is 20.6. The summed E-state index contributed by atoms with van der Waals surface area (Å²) in [7, 11) is -3.42. The molecule has 0 unspecified atom stereocenters. The molecule has 6 heteroatoms. The Kier molecular flexibility index (Phi) is 6.52. The third kappa shape index (κ3) is 5.42. The number of carbonyl (C=O) groups excluding carboxylic acids is 1. The van der Waals surface area contributed by atoms with Crippen molar-refractivity contribution in [2.75, 3.05) is 0 Å². The van der Waals surface area contributed by atoms with Gasteiger partial charge in [0, 0.05) is 18.2 Å². The van der Waals surface area contributed by atoms with E-state index in [1.807, 2.05) is 30.3 Å². The van der Waals surface area contributed by atoms with Crippen LogP contribution in [0.4, 0.5) is 0 Å². The van der Waals surface area contributed by atoms with E-state index in [1.54, 1.807) is 19.9 Å². The summed E-state index contributed by atoms with van der Waals surface area (Å²) >= 11 is 0. The van der Waals surface area contributed by atoms with Crippen LogP contribution in [0.25, 0.3) is 0 Å². The van der Waals surface area contributed by atoms with Crippen LogP contribution in [0.2, 0.25) is 0 Å². The van der Waals surface area contributed by atoms with Gasteiger partial charge in [-0.2, -0.15) is 0 Å². The van der Waals surface area contributed by atoms with E-state index in [-0.39, 0.29) is 17.7 Å². The largest absolute Gasteiger partial charge is 0.348 e. The zero-order chi connectivity index (χ0) is 20.1. The van der Waals surface area contributed by atoms with Crippen LogP contribution in [0, 0.1) is 0 Å². The lowest BCUT2D eigenvalue weighted by Gasteiger charge is -2.17. The maximum atomic E-state index is 12.6. The summed E-state index contributed by atoms with van der Waals surface area (Å²) in [6, 6.07) is 13.1. The summed E-state index contributed by atoms with van der Waals surface area (Å²) in [6.45, 7) is 3.88. The Morgan fingerprint density at radius 2 is 1.68 bits per heavy atom. The molecule has 2 aromatic carbocycles. The predicted molar refractivity (Wildman–Crippen MR) is 112 cm³/mol. The molecule has 3 rings (SSSR count). The molecule has 0 radical (unpaired) electrons. The van der Waals surface area contributed by atoms with Crippen LogP contribution < -0.4 is 10.0 Å². The van der Waals surface area contributed by atoms with Gasteiger partial charge in [0.05, 0.1) is 5.75 Å². The Morgan fingerprint density at radius 1 is 1.00 bits per heavy atom. The lowest BCUT2D eigenvalue weighted by atomic mass is 9.90. The molecule has 150 valence electrons. The van der Waals surface area contributed by atoms with Crippen molar-refractivity contribution in [3.05, 3.63) is 70.3 Å². The summed E-state index contributed by atoms with van der Waals surface area (Å²) in [5.74, 6) is -0.234. The summed E-state index contributed by atoms with van der Waals surface area (Å²) in [6.07, 6.45) is 4.50. The lowest BCUT2D eigenvalue weighted by Crippen LogP contribution is -2.32. The minimum Gasteiger partial charge on any atom is -0.348 e. The van der Waals surface area contributed by atoms with Gasteiger partial charge in [0.25, 0.3) is 5.91 Å². The topological polar surface area (TPSA) is 75.3 Å². The lowest BCUT2D eigenvalue weighted by molar-refractivity contribution is 0.0950. The molecule has 0 spiro atoms. The number of rotatable bonds is 7. The maximum Gasteiger partial charge on any atom is 0.251 e. The molecule has 0 saturated heterocycles. The predicted octanol–water partition coefficient (Wildman–Crippen LogP) is 3.32. The molecule has 28 heavy (non-hydrogen) atoms. The normalized spacial score (nSPS) is 14.0. The number of hydrogen-bond acceptors (Lipinski definition) is 3. The highest BCUT2D eigenvalue weighted by Gasteiger charge is 2.16. The van der Waals surface area contributed by atoms with Gasteiger partial charge in [-0.15, -0.1) is 0 Å². The van der Waals surface area contributed by atoms with Crippen molar-refractivity contribution in [3.8, 4) is 0 Å². The average Bonchev–Trinajstić information content (AvgIpc) is 2.65. The molecule has 2 aromatic rings. The van der Waals surface area contributed by atoms with Gasteiger partial charge in [0.1, 0.15) is 0 Å². The Balaban J connectivity index is 1.68. The molecule has 0 heterocycles. The molecule has 2 N–H and O–H groups in total. The second kappa shape index (κ2) is 8.88. The number of carbonyl (C=O) groups is 1. The van der Waals surface area contributed by atoms with Crippen molar-refractivity contribution in [1.29, 1.82) is 0 Å². The SMILES string of the molecule is CC(C)NS(=O)(=O)Cc1ccccc1CNC(=O)c1ccc2c(c1)CCCC2. The number of sulfonamides is 1. The van der Waals surface area contributed by atoms with Gasteiger partial charge in [0.2, 0.25) is 10.0 Å². The molecule has 1 aliphatic rings. The van der Waals surface area contributed by atoms with E-state index in [1.165, 1.54) is 24.0 Å². The first-order valence-electron chi connectivity index (χ1n) is 9.81. The molecule has 0 bridgehead atoms. The van der Waals surface area contributed by atoms with Crippen molar-refractivity contribution in [2.24, 2.45) is 0 Å². The molecule has 0 saturated carbocycles. The van der Waals surface area contributed by atoms with Crippen molar-refractivity contribution in [3.63, 3.8) is 0 Å². The van der Waals surface area contributed by atoms with Crippen LogP contribution in [0.5, 0.6) is 0 Å². The van der Waals surface area contributed by atoms with Crippen LogP contribution in [-0.2, 0) is 35.2 Å². The molecular formula is C22H28N2O3S. The summed E-state index contributed by atoms with van der Waals surface area (Å²) in [5.41, 5.74) is 4.78. The third-order valence-electron chi connectivity index (χ3n) is 4.93. The minimum atomic E-state index is -3.42. The van der Waals surface area contributed by atoms with Gasteiger partial charge in [-0.05, 0) is 73.9 Å². The number of amides is 1. The average molecular weight is 401 g/mol. The molecule has 0 aliphatic heterocycles. The Hall–Kier alpha value is -2.18. The van der Waals surface area contributed by atoms with Crippen LogP contribution in [0.1, 0.15) is 59.3 Å². The van der Waals surface area contributed by atoms with Crippen LogP contribution in [0.15, 0.2) is 42.5 Å². The van der Waals surface area contributed by atoms with E-state index in [4.69, 9.17) is 0 Å². The van der Waals surface area contributed by atoms with E-state index in [9.17, 15) is 13.2 Å². The van der Waals surface area contributed by atoms with Gasteiger partial charge in [-0.1, -0.05) is 30.3 Å². The van der Waals surface area contributed by atoms with Crippen molar-refractivity contribution < 1.29 is 13.2 Å². The van der Waals surface area contributed by atoms with Gasteiger partial charge < -0.3 is 5.32 Å². The van der Waals surface area contributed by atoms with Crippen molar-refractivity contribution >= 4 is 15.9 Å². The van der Waals surface area contributed by atoms with Crippen molar-refractivity contribution in [1.82, 2.24) is 10.0 Å². The number of hydrogen-bond donors (Lipinski definition) is 2. The fourth-order valence-electron chi connectivity index (χ4n) is 3.63. The standard InChI is InChI=1S/C22H28N2O3S/c1-16(2)24-28(26,27)15-21-10-6-5-9-20(21)14-23-22(25)19-12-11-17-7-3-4-8-18(17)13-19/h5-6,9-13,16,24H,3-4,7-8,14-15H2,1-2H3,(H,23,25). The van der Waals surface area contributed by atoms with Gasteiger partial charge in [-0.25, -0.2) is 13.1 Å². The number of nitrogens with one attached hydrogen (secondary N) is 2. The number of aryl methyl sites for hydroxylation is 2. The minimum absolute atomic E-state index is 0.101. The van der Waals surface area contributed by atoms with Gasteiger partial charge in [0.15, 0.2) is 0 Å². The zero-order valence-corrected chi connectivity index (χ0v) is 17.3. The van der Waals surface area contributed by atoms with E-state index in [0.717, 1.165) is 18.4 Å². The quantitative estimate of drug-likeness (QED) is 0.749.